The highest BCUT2D eigenvalue weighted by Gasteiger charge is 2.15. The Hall–Kier alpha value is -2.46. The molecule has 4 rings (SSSR count). The Morgan fingerprint density at radius 3 is 2.37 bits per heavy atom. The molecule has 0 N–H and O–H groups in total. The van der Waals surface area contributed by atoms with Gasteiger partial charge in [-0.05, 0) is 36.4 Å². The van der Waals surface area contributed by atoms with Gasteiger partial charge in [-0.25, -0.2) is 4.68 Å². The molecule has 0 saturated carbocycles. The SMILES string of the molecule is Clc1ccc(Cl)c(Oc2ccccc2-n2nccc2-c2ccccc2Cl)c1. The Morgan fingerprint density at radius 2 is 1.52 bits per heavy atom. The van der Waals surface area contributed by atoms with E-state index >= 15 is 0 Å². The van der Waals surface area contributed by atoms with Gasteiger partial charge in [0.15, 0.2) is 5.75 Å². The number of nitrogens with zero attached hydrogens (tertiary/aromatic N) is 2. The van der Waals surface area contributed by atoms with Gasteiger partial charge in [0.2, 0.25) is 0 Å². The van der Waals surface area contributed by atoms with Crippen molar-refractivity contribution in [3.8, 4) is 28.4 Å². The molecule has 0 atom stereocenters. The lowest BCUT2D eigenvalue weighted by Crippen LogP contribution is -2.02. The predicted octanol–water partition coefficient (Wildman–Crippen LogP) is 7.29. The topological polar surface area (TPSA) is 27.1 Å². The molecule has 1 aromatic heterocycles. The molecule has 0 bridgehead atoms. The Labute approximate surface area is 171 Å². The molecule has 0 aliphatic carbocycles. The summed E-state index contributed by atoms with van der Waals surface area (Å²) < 4.78 is 7.84. The molecule has 0 saturated heterocycles. The van der Waals surface area contributed by atoms with Gasteiger partial charge in [-0.3, -0.25) is 0 Å². The average molecular weight is 416 g/mol. The highest BCUT2D eigenvalue weighted by Crippen LogP contribution is 2.36. The Kier molecular flexibility index (Phi) is 5.08. The number of ether oxygens (including phenoxy) is 1. The van der Waals surface area contributed by atoms with E-state index in [4.69, 9.17) is 39.5 Å². The van der Waals surface area contributed by atoms with Crippen molar-refractivity contribution in [2.24, 2.45) is 0 Å². The largest absolute Gasteiger partial charge is 0.453 e. The molecule has 134 valence electrons. The molecule has 0 spiro atoms. The molecule has 0 aliphatic rings. The standard InChI is InChI=1S/C21H13Cl3N2O/c22-14-9-10-17(24)21(13-14)27-20-8-4-3-7-19(20)26-18(11-12-25-26)15-5-1-2-6-16(15)23/h1-13H. The lowest BCUT2D eigenvalue weighted by atomic mass is 10.1. The number of para-hydroxylation sites is 2. The van der Waals surface area contributed by atoms with E-state index < -0.39 is 0 Å². The van der Waals surface area contributed by atoms with Crippen molar-refractivity contribution in [3.63, 3.8) is 0 Å². The average Bonchev–Trinajstić information content (AvgIpc) is 3.15. The Bertz CT molecular complexity index is 1110. The number of benzene rings is 3. The lowest BCUT2D eigenvalue weighted by Gasteiger charge is -2.15. The zero-order valence-corrected chi connectivity index (χ0v) is 16.2. The molecule has 0 amide bonds. The van der Waals surface area contributed by atoms with Gasteiger partial charge < -0.3 is 4.74 Å². The summed E-state index contributed by atoms with van der Waals surface area (Å²) in [6.07, 6.45) is 1.72. The van der Waals surface area contributed by atoms with E-state index in [1.807, 2.05) is 54.6 Å². The summed E-state index contributed by atoms with van der Waals surface area (Å²) in [4.78, 5) is 0. The number of aromatic nitrogens is 2. The quantitative estimate of drug-likeness (QED) is 0.350. The number of halogens is 3. The highest BCUT2D eigenvalue weighted by atomic mass is 35.5. The Morgan fingerprint density at radius 1 is 0.741 bits per heavy atom. The van der Waals surface area contributed by atoms with Gasteiger partial charge in [-0.2, -0.15) is 5.10 Å². The van der Waals surface area contributed by atoms with Gasteiger partial charge in [-0.1, -0.05) is 65.1 Å². The normalized spacial score (nSPS) is 10.8. The summed E-state index contributed by atoms with van der Waals surface area (Å²) in [5.74, 6) is 1.07. The predicted molar refractivity (Wildman–Crippen MR) is 111 cm³/mol. The van der Waals surface area contributed by atoms with Gasteiger partial charge in [0.05, 0.1) is 16.9 Å². The number of hydrogen-bond donors (Lipinski definition) is 0. The molecule has 6 heteroatoms. The van der Waals surface area contributed by atoms with Crippen LogP contribution in [0.4, 0.5) is 0 Å². The van der Waals surface area contributed by atoms with Crippen LogP contribution in [-0.2, 0) is 0 Å². The van der Waals surface area contributed by atoms with E-state index in [0.717, 1.165) is 16.9 Å². The van der Waals surface area contributed by atoms with Gasteiger partial charge in [0, 0.05) is 21.7 Å². The van der Waals surface area contributed by atoms with Crippen molar-refractivity contribution in [2.45, 2.75) is 0 Å². The minimum absolute atomic E-state index is 0.473. The molecular formula is C21H13Cl3N2O. The second kappa shape index (κ2) is 7.65. The van der Waals surface area contributed by atoms with Crippen LogP contribution in [0, 0.1) is 0 Å². The maximum absolute atomic E-state index is 6.38. The fraction of sp³-hybridized carbons (Fsp3) is 0. The fourth-order valence-electron chi connectivity index (χ4n) is 2.76. The first-order chi connectivity index (χ1) is 13.1. The van der Waals surface area contributed by atoms with E-state index in [1.165, 1.54) is 0 Å². The molecule has 0 radical (unpaired) electrons. The van der Waals surface area contributed by atoms with Crippen LogP contribution in [0.1, 0.15) is 0 Å². The van der Waals surface area contributed by atoms with Crippen LogP contribution in [0.15, 0.2) is 79.0 Å². The van der Waals surface area contributed by atoms with E-state index in [0.29, 0.717) is 26.6 Å². The summed E-state index contributed by atoms with van der Waals surface area (Å²) in [5.41, 5.74) is 2.49. The maximum atomic E-state index is 6.38. The molecule has 0 fully saturated rings. The zero-order valence-electron chi connectivity index (χ0n) is 13.9. The first-order valence-electron chi connectivity index (χ1n) is 8.15. The van der Waals surface area contributed by atoms with Crippen molar-refractivity contribution in [1.29, 1.82) is 0 Å². The van der Waals surface area contributed by atoms with Crippen molar-refractivity contribution in [3.05, 3.63) is 94.1 Å². The van der Waals surface area contributed by atoms with Crippen LogP contribution in [0.2, 0.25) is 15.1 Å². The van der Waals surface area contributed by atoms with Gasteiger partial charge in [0.25, 0.3) is 0 Å². The first kappa shape index (κ1) is 17.9. The first-order valence-corrected chi connectivity index (χ1v) is 9.28. The van der Waals surface area contributed by atoms with E-state index in [9.17, 15) is 0 Å². The minimum atomic E-state index is 0.473. The summed E-state index contributed by atoms with van der Waals surface area (Å²) in [7, 11) is 0. The monoisotopic (exact) mass is 414 g/mol. The van der Waals surface area contributed by atoms with Crippen LogP contribution in [0.5, 0.6) is 11.5 Å². The van der Waals surface area contributed by atoms with Crippen LogP contribution in [-0.4, -0.2) is 9.78 Å². The van der Waals surface area contributed by atoms with E-state index in [1.54, 1.807) is 29.1 Å². The van der Waals surface area contributed by atoms with Crippen LogP contribution in [0.3, 0.4) is 0 Å². The fourth-order valence-corrected chi connectivity index (χ4v) is 3.31. The van der Waals surface area contributed by atoms with E-state index in [2.05, 4.69) is 5.10 Å². The zero-order chi connectivity index (χ0) is 18.8. The third-order valence-electron chi connectivity index (χ3n) is 4.00. The van der Waals surface area contributed by atoms with Crippen molar-refractivity contribution >= 4 is 34.8 Å². The molecule has 0 aliphatic heterocycles. The second-order valence-electron chi connectivity index (χ2n) is 5.75. The molecular weight excluding hydrogens is 403 g/mol. The summed E-state index contributed by atoms with van der Waals surface area (Å²) in [5, 5.41) is 6.13. The van der Waals surface area contributed by atoms with Crippen molar-refractivity contribution in [1.82, 2.24) is 9.78 Å². The number of rotatable bonds is 4. The summed E-state index contributed by atoms with van der Waals surface area (Å²) in [6, 6.07) is 22.2. The maximum Gasteiger partial charge on any atom is 0.153 e. The van der Waals surface area contributed by atoms with Crippen LogP contribution < -0.4 is 4.74 Å². The second-order valence-corrected chi connectivity index (χ2v) is 7.00. The van der Waals surface area contributed by atoms with Gasteiger partial charge >= 0.3 is 0 Å². The molecule has 3 nitrogen and oxygen atoms in total. The molecule has 0 unspecified atom stereocenters. The van der Waals surface area contributed by atoms with E-state index in [-0.39, 0.29) is 0 Å². The van der Waals surface area contributed by atoms with Gasteiger partial charge in [-0.15, -0.1) is 0 Å². The Balaban J connectivity index is 1.80. The molecule has 3 aromatic carbocycles. The van der Waals surface area contributed by atoms with Crippen molar-refractivity contribution < 1.29 is 4.74 Å². The van der Waals surface area contributed by atoms with Crippen molar-refractivity contribution in [2.75, 3.05) is 0 Å². The van der Waals surface area contributed by atoms with Gasteiger partial charge in [0.1, 0.15) is 11.4 Å². The summed E-state index contributed by atoms with van der Waals surface area (Å²) >= 11 is 18.7. The molecule has 1 heterocycles. The smallest absolute Gasteiger partial charge is 0.153 e. The minimum Gasteiger partial charge on any atom is -0.453 e. The summed E-state index contributed by atoms with van der Waals surface area (Å²) in [6.45, 7) is 0. The molecule has 4 aromatic rings. The van der Waals surface area contributed by atoms with Crippen LogP contribution >= 0.6 is 34.8 Å². The molecule has 27 heavy (non-hydrogen) atoms. The highest BCUT2D eigenvalue weighted by molar-refractivity contribution is 6.34. The third-order valence-corrected chi connectivity index (χ3v) is 4.88. The number of hydrogen-bond acceptors (Lipinski definition) is 2. The lowest BCUT2D eigenvalue weighted by molar-refractivity contribution is 0.478. The van der Waals surface area contributed by atoms with Crippen LogP contribution in [0.25, 0.3) is 16.9 Å². The third kappa shape index (κ3) is 3.67.